The summed E-state index contributed by atoms with van der Waals surface area (Å²) in [5.41, 5.74) is 2.38. The summed E-state index contributed by atoms with van der Waals surface area (Å²) in [5.74, 6) is 2.39. The van der Waals surface area contributed by atoms with E-state index in [1.807, 2.05) is 6.07 Å². The average Bonchev–Trinajstić information content (AvgIpc) is 2.84. The zero-order chi connectivity index (χ0) is 12.5. The van der Waals surface area contributed by atoms with E-state index in [-0.39, 0.29) is 0 Å². The van der Waals surface area contributed by atoms with Gasteiger partial charge >= 0.3 is 0 Å². The largest absolute Gasteiger partial charge is 0.454 e. The van der Waals surface area contributed by atoms with Crippen molar-refractivity contribution in [3.63, 3.8) is 0 Å². The van der Waals surface area contributed by atoms with Gasteiger partial charge in [0, 0.05) is 11.1 Å². The smallest absolute Gasteiger partial charge is 0.231 e. The molecule has 0 aromatic heterocycles. The molecule has 3 rings (SSSR count). The molecule has 0 unspecified atom stereocenters. The Bertz CT molecular complexity index is 456. The molecule has 0 spiro atoms. The molecule has 98 valence electrons. The standard InChI is InChI=1S/C14H18ClNO2/c1-9-11(6-10-2-4-16-5-3-10)12(15)7-13-14(9)18-8-17-13/h7,10,16H,2-6,8H2,1H3. The third-order valence-electron chi connectivity index (χ3n) is 3.93. The molecule has 2 heterocycles. The van der Waals surface area contributed by atoms with E-state index in [2.05, 4.69) is 12.2 Å². The first-order valence-electron chi connectivity index (χ1n) is 6.54. The molecule has 4 heteroatoms. The van der Waals surface area contributed by atoms with Crippen molar-refractivity contribution >= 4 is 11.6 Å². The third-order valence-corrected chi connectivity index (χ3v) is 4.27. The molecule has 2 aliphatic heterocycles. The first-order valence-corrected chi connectivity index (χ1v) is 6.92. The number of benzene rings is 1. The fraction of sp³-hybridized carbons (Fsp3) is 0.571. The van der Waals surface area contributed by atoms with Crippen molar-refractivity contribution in [2.45, 2.75) is 26.2 Å². The van der Waals surface area contributed by atoms with Crippen LogP contribution in [0.3, 0.4) is 0 Å². The first-order chi connectivity index (χ1) is 8.75. The van der Waals surface area contributed by atoms with Crippen LogP contribution in [0.2, 0.25) is 5.02 Å². The molecule has 3 nitrogen and oxygen atoms in total. The summed E-state index contributed by atoms with van der Waals surface area (Å²) >= 11 is 6.38. The maximum atomic E-state index is 6.38. The highest BCUT2D eigenvalue weighted by molar-refractivity contribution is 6.31. The molecule has 0 atom stereocenters. The highest BCUT2D eigenvalue weighted by Gasteiger charge is 2.23. The summed E-state index contributed by atoms with van der Waals surface area (Å²) in [4.78, 5) is 0. The SMILES string of the molecule is Cc1c(CC2CCNCC2)c(Cl)cc2c1OCO2. The van der Waals surface area contributed by atoms with Crippen molar-refractivity contribution in [2.24, 2.45) is 5.92 Å². The van der Waals surface area contributed by atoms with Crippen LogP contribution in [0.4, 0.5) is 0 Å². The van der Waals surface area contributed by atoms with E-state index in [1.165, 1.54) is 18.4 Å². The maximum absolute atomic E-state index is 6.38. The minimum Gasteiger partial charge on any atom is -0.454 e. The number of fused-ring (bicyclic) bond motifs is 1. The molecule has 2 aliphatic rings. The van der Waals surface area contributed by atoms with Gasteiger partial charge in [-0.2, -0.15) is 0 Å². The Balaban J connectivity index is 1.87. The quantitative estimate of drug-likeness (QED) is 0.894. The predicted octanol–water partition coefficient (Wildman–Crippen LogP) is 2.92. The normalized spacial score (nSPS) is 19.2. The molecule has 0 aliphatic carbocycles. The first kappa shape index (κ1) is 12.1. The van der Waals surface area contributed by atoms with Gasteiger partial charge < -0.3 is 14.8 Å². The Morgan fingerprint density at radius 2 is 2.11 bits per heavy atom. The monoisotopic (exact) mass is 267 g/mol. The van der Waals surface area contributed by atoms with Gasteiger partial charge in [-0.05, 0) is 56.3 Å². The van der Waals surface area contributed by atoms with Crippen LogP contribution in [0, 0.1) is 12.8 Å². The average molecular weight is 268 g/mol. The van der Waals surface area contributed by atoms with Crippen LogP contribution in [0.5, 0.6) is 11.5 Å². The summed E-state index contributed by atoms with van der Waals surface area (Å²) in [6.45, 7) is 4.62. The van der Waals surface area contributed by atoms with Gasteiger partial charge in [-0.1, -0.05) is 11.6 Å². The fourth-order valence-corrected chi connectivity index (χ4v) is 3.15. The van der Waals surface area contributed by atoms with Gasteiger partial charge in [0.05, 0.1) is 0 Å². The molecular formula is C14H18ClNO2. The molecule has 1 aromatic carbocycles. The second-order valence-electron chi connectivity index (χ2n) is 5.09. The van der Waals surface area contributed by atoms with E-state index in [4.69, 9.17) is 21.1 Å². The van der Waals surface area contributed by atoms with Crippen LogP contribution in [-0.4, -0.2) is 19.9 Å². The highest BCUT2D eigenvalue weighted by Crippen LogP contribution is 2.42. The van der Waals surface area contributed by atoms with E-state index >= 15 is 0 Å². The summed E-state index contributed by atoms with van der Waals surface area (Å²) < 4.78 is 10.9. The van der Waals surface area contributed by atoms with Crippen molar-refractivity contribution in [3.8, 4) is 11.5 Å². The summed E-state index contributed by atoms with van der Waals surface area (Å²) in [5, 5.41) is 4.21. The molecule has 1 aromatic rings. The van der Waals surface area contributed by atoms with E-state index in [1.54, 1.807) is 0 Å². The summed E-state index contributed by atoms with van der Waals surface area (Å²) in [7, 11) is 0. The van der Waals surface area contributed by atoms with Gasteiger partial charge in [-0.3, -0.25) is 0 Å². The lowest BCUT2D eigenvalue weighted by molar-refractivity contribution is 0.173. The highest BCUT2D eigenvalue weighted by atomic mass is 35.5. The summed E-state index contributed by atoms with van der Waals surface area (Å²) in [6.07, 6.45) is 3.50. The predicted molar refractivity (Wildman–Crippen MR) is 71.6 cm³/mol. The van der Waals surface area contributed by atoms with E-state index in [0.717, 1.165) is 47.5 Å². The van der Waals surface area contributed by atoms with Gasteiger partial charge in [-0.15, -0.1) is 0 Å². The number of rotatable bonds is 2. The van der Waals surface area contributed by atoms with Gasteiger partial charge in [0.25, 0.3) is 0 Å². The number of piperidine rings is 1. The molecule has 1 N–H and O–H groups in total. The van der Waals surface area contributed by atoms with Gasteiger partial charge in [0.2, 0.25) is 6.79 Å². The van der Waals surface area contributed by atoms with Crippen molar-refractivity contribution in [1.29, 1.82) is 0 Å². The van der Waals surface area contributed by atoms with Gasteiger partial charge in [0.15, 0.2) is 11.5 Å². The molecular weight excluding hydrogens is 250 g/mol. The fourth-order valence-electron chi connectivity index (χ4n) is 2.83. The number of hydrogen-bond acceptors (Lipinski definition) is 3. The number of hydrogen-bond donors (Lipinski definition) is 1. The molecule has 1 fully saturated rings. The molecule has 0 bridgehead atoms. The molecule has 1 saturated heterocycles. The topological polar surface area (TPSA) is 30.5 Å². The van der Waals surface area contributed by atoms with Gasteiger partial charge in [0.1, 0.15) is 0 Å². The Morgan fingerprint density at radius 1 is 1.33 bits per heavy atom. The van der Waals surface area contributed by atoms with Crippen LogP contribution in [0.25, 0.3) is 0 Å². The lowest BCUT2D eigenvalue weighted by Crippen LogP contribution is -2.28. The number of halogens is 1. The van der Waals surface area contributed by atoms with Crippen LogP contribution >= 0.6 is 11.6 Å². The van der Waals surface area contributed by atoms with E-state index in [0.29, 0.717) is 6.79 Å². The zero-order valence-corrected chi connectivity index (χ0v) is 11.3. The van der Waals surface area contributed by atoms with Crippen LogP contribution in [-0.2, 0) is 6.42 Å². The Labute approximate surface area is 112 Å². The zero-order valence-electron chi connectivity index (χ0n) is 10.6. The minimum atomic E-state index is 0.309. The lowest BCUT2D eigenvalue weighted by atomic mass is 9.89. The van der Waals surface area contributed by atoms with Crippen molar-refractivity contribution in [1.82, 2.24) is 5.32 Å². The van der Waals surface area contributed by atoms with Crippen molar-refractivity contribution < 1.29 is 9.47 Å². The van der Waals surface area contributed by atoms with Crippen molar-refractivity contribution in [3.05, 3.63) is 22.2 Å². The second-order valence-corrected chi connectivity index (χ2v) is 5.50. The third kappa shape index (κ3) is 2.17. The number of ether oxygens (including phenoxy) is 2. The lowest BCUT2D eigenvalue weighted by Gasteiger charge is -2.24. The molecule has 18 heavy (non-hydrogen) atoms. The van der Waals surface area contributed by atoms with Crippen LogP contribution in [0.15, 0.2) is 6.07 Å². The number of nitrogens with one attached hydrogen (secondary N) is 1. The Morgan fingerprint density at radius 3 is 2.89 bits per heavy atom. The maximum Gasteiger partial charge on any atom is 0.231 e. The summed E-state index contributed by atoms with van der Waals surface area (Å²) in [6, 6.07) is 1.90. The minimum absolute atomic E-state index is 0.309. The van der Waals surface area contributed by atoms with E-state index < -0.39 is 0 Å². The molecule has 0 radical (unpaired) electrons. The Kier molecular flexibility index (Phi) is 3.35. The van der Waals surface area contributed by atoms with Crippen LogP contribution < -0.4 is 14.8 Å². The Hall–Kier alpha value is -0.930. The molecule has 0 amide bonds. The van der Waals surface area contributed by atoms with Crippen molar-refractivity contribution in [2.75, 3.05) is 19.9 Å². The molecule has 0 saturated carbocycles. The van der Waals surface area contributed by atoms with E-state index in [9.17, 15) is 0 Å². The van der Waals surface area contributed by atoms with Crippen LogP contribution in [0.1, 0.15) is 24.0 Å². The second kappa shape index (κ2) is 4.98. The van der Waals surface area contributed by atoms with Gasteiger partial charge in [-0.25, -0.2) is 0 Å².